The molecule has 20 heavy (non-hydrogen) atoms. The van der Waals surface area contributed by atoms with Crippen LogP contribution in [0.15, 0.2) is 34.7 Å². The molecule has 108 valence electrons. The summed E-state index contributed by atoms with van der Waals surface area (Å²) in [5, 5.41) is 11.6. The molecule has 0 bridgehead atoms. The van der Waals surface area contributed by atoms with Crippen LogP contribution in [0.5, 0.6) is 0 Å². The normalized spacial score (nSPS) is 12.5. The molecule has 0 saturated heterocycles. The second kappa shape index (κ2) is 7.77. The van der Waals surface area contributed by atoms with Gasteiger partial charge < -0.3 is 14.5 Å². The average Bonchev–Trinajstić information content (AvgIpc) is 2.94. The zero-order valence-corrected chi connectivity index (χ0v) is 12.0. The second-order valence-corrected chi connectivity index (χ2v) is 4.38. The molecule has 5 heteroatoms. The van der Waals surface area contributed by atoms with Crippen molar-refractivity contribution >= 4 is 0 Å². The molecule has 2 aromatic rings. The maximum atomic E-state index is 5.73. The van der Waals surface area contributed by atoms with Gasteiger partial charge in [-0.1, -0.05) is 37.3 Å². The number of benzene rings is 1. The molecular weight excluding hydrogens is 254 g/mol. The molecule has 1 heterocycles. The number of hydrogen-bond acceptors (Lipinski definition) is 5. The second-order valence-electron chi connectivity index (χ2n) is 4.38. The zero-order chi connectivity index (χ0) is 14.2. The summed E-state index contributed by atoms with van der Waals surface area (Å²) in [6.45, 7) is 6.16. The van der Waals surface area contributed by atoms with Gasteiger partial charge in [-0.2, -0.15) is 0 Å². The molecule has 2 rings (SSSR count). The summed E-state index contributed by atoms with van der Waals surface area (Å²) in [4.78, 5) is 0. The van der Waals surface area contributed by atoms with Gasteiger partial charge in [-0.25, -0.2) is 0 Å². The lowest BCUT2D eigenvalue weighted by Gasteiger charge is -2.13. The molecule has 1 N–H and O–H groups in total. The van der Waals surface area contributed by atoms with E-state index in [0.29, 0.717) is 31.4 Å². The Bertz CT molecular complexity index is 499. The lowest BCUT2D eigenvalue weighted by molar-refractivity contribution is 0.145. The highest BCUT2D eigenvalue weighted by molar-refractivity contribution is 5.23. The summed E-state index contributed by atoms with van der Waals surface area (Å²) in [7, 11) is 0. The minimum absolute atomic E-state index is 0.0606. The third-order valence-corrected chi connectivity index (χ3v) is 2.93. The molecule has 1 unspecified atom stereocenters. The lowest BCUT2D eigenvalue weighted by atomic mass is 10.1. The summed E-state index contributed by atoms with van der Waals surface area (Å²) < 4.78 is 11.0. The van der Waals surface area contributed by atoms with Gasteiger partial charge >= 0.3 is 0 Å². The molecular formula is C15H21N3O2. The highest BCUT2D eigenvalue weighted by atomic mass is 16.5. The maximum Gasteiger partial charge on any atom is 0.237 e. The van der Waals surface area contributed by atoms with E-state index in [1.807, 2.05) is 25.1 Å². The average molecular weight is 275 g/mol. The lowest BCUT2D eigenvalue weighted by Crippen LogP contribution is -2.22. The van der Waals surface area contributed by atoms with Crippen LogP contribution in [0.25, 0.3) is 0 Å². The van der Waals surface area contributed by atoms with Crippen molar-refractivity contribution in [1.82, 2.24) is 15.5 Å². The van der Waals surface area contributed by atoms with Crippen LogP contribution < -0.4 is 5.32 Å². The van der Waals surface area contributed by atoms with Crippen molar-refractivity contribution in [2.24, 2.45) is 0 Å². The highest BCUT2D eigenvalue weighted by Gasteiger charge is 2.19. The van der Waals surface area contributed by atoms with E-state index >= 15 is 0 Å². The fourth-order valence-corrected chi connectivity index (χ4v) is 1.99. The quantitative estimate of drug-likeness (QED) is 0.749. The van der Waals surface area contributed by atoms with Crippen LogP contribution in [-0.2, 0) is 11.2 Å². The molecule has 0 radical (unpaired) electrons. The summed E-state index contributed by atoms with van der Waals surface area (Å²) in [6.07, 6.45) is 0.647. The van der Waals surface area contributed by atoms with Gasteiger partial charge in [-0.15, -0.1) is 10.2 Å². The summed E-state index contributed by atoms with van der Waals surface area (Å²) in [6, 6.07) is 10.1. The molecule has 0 amide bonds. The Labute approximate surface area is 119 Å². The Morgan fingerprint density at radius 2 is 2.00 bits per heavy atom. The van der Waals surface area contributed by atoms with Gasteiger partial charge in [0.25, 0.3) is 0 Å². The van der Waals surface area contributed by atoms with E-state index in [4.69, 9.17) is 9.15 Å². The topological polar surface area (TPSA) is 60.2 Å². The van der Waals surface area contributed by atoms with Crippen molar-refractivity contribution in [2.75, 3.05) is 19.8 Å². The molecule has 0 spiro atoms. The van der Waals surface area contributed by atoms with Gasteiger partial charge in [-0.05, 0) is 19.0 Å². The summed E-state index contributed by atoms with van der Waals surface area (Å²) in [5.74, 6) is 1.22. The van der Waals surface area contributed by atoms with E-state index in [0.717, 1.165) is 12.1 Å². The monoisotopic (exact) mass is 275 g/mol. The number of hydrogen-bond donors (Lipinski definition) is 1. The standard InChI is InChI=1S/C15H21N3O2/c1-3-16-14(12-8-6-5-7-9-12)15-18-17-13(20-15)10-11-19-4-2/h5-9,14,16H,3-4,10-11H2,1-2H3. The molecule has 0 fully saturated rings. The van der Waals surface area contributed by atoms with E-state index in [9.17, 15) is 0 Å². The zero-order valence-electron chi connectivity index (χ0n) is 12.0. The van der Waals surface area contributed by atoms with E-state index in [1.54, 1.807) is 0 Å². The molecule has 0 aliphatic rings. The fraction of sp³-hybridized carbons (Fsp3) is 0.467. The van der Waals surface area contributed by atoms with Crippen LogP contribution in [0.3, 0.4) is 0 Å². The summed E-state index contributed by atoms with van der Waals surface area (Å²) >= 11 is 0. The third kappa shape index (κ3) is 3.88. The first-order valence-corrected chi connectivity index (χ1v) is 7.03. The first kappa shape index (κ1) is 14.7. The van der Waals surface area contributed by atoms with Crippen LogP contribution >= 0.6 is 0 Å². The van der Waals surface area contributed by atoms with E-state index in [2.05, 4.69) is 34.6 Å². The smallest absolute Gasteiger partial charge is 0.237 e. The Morgan fingerprint density at radius 3 is 2.70 bits per heavy atom. The molecule has 1 aromatic carbocycles. The number of ether oxygens (including phenoxy) is 1. The van der Waals surface area contributed by atoms with Gasteiger partial charge in [-0.3, -0.25) is 0 Å². The van der Waals surface area contributed by atoms with Crippen molar-refractivity contribution in [1.29, 1.82) is 0 Å². The van der Waals surface area contributed by atoms with Gasteiger partial charge in [0, 0.05) is 13.0 Å². The van der Waals surface area contributed by atoms with Gasteiger partial charge in [0.2, 0.25) is 11.8 Å². The Morgan fingerprint density at radius 1 is 1.20 bits per heavy atom. The molecule has 0 saturated carbocycles. The largest absolute Gasteiger partial charge is 0.423 e. The first-order valence-electron chi connectivity index (χ1n) is 7.03. The fourth-order valence-electron chi connectivity index (χ4n) is 1.99. The SMILES string of the molecule is CCNC(c1ccccc1)c1nnc(CCOCC)o1. The van der Waals surface area contributed by atoms with E-state index < -0.39 is 0 Å². The van der Waals surface area contributed by atoms with Crippen molar-refractivity contribution in [3.05, 3.63) is 47.7 Å². The maximum absolute atomic E-state index is 5.73. The Balaban J connectivity index is 2.10. The molecule has 5 nitrogen and oxygen atoms in total. The Hall–Kier alpha value is -1.72. The number of rotatable bonds is 8. The molecule has 1 atom stereocenters. The van der Waals surface area contributed by atoms with Crippen LogP contribution in [0, 0.1) is 0 Å². The minimum atomic E-state index is -0.0606. The van der Waals surface area contributed by atoms with Crippen LogP contribution in [0.1, 0.15) is 37.2 Å². The molecule has 0 aliphatic carbocycles. The van der Waals surface area contributed by atoms with Gasteiger partial charge in [0.1, 0.15) is 6.04 Å². The Kier molecular flexibility index (Phi) is 5.70. The number of nitrogens with one attached hydrogen (secondary N) is 1. The molecule has 0 aliphatic heterocycles. The predicted molar refractivity (Wildman–Crippen MR) is 76.5 cm³/mol. The molecule has 1 aromatic heterocycles. The number of aromatic nitrogens is 2. The van der Waals surface area contributed by atoms with Crippen molar-refractivity contribution in [3.8, 4) is 0 Å². The van der Waals surface area contributed by atoms with Crippen molar-refractivity contribution < 1.29 is 9.15 Å². The van der Waals surface area contributed by atoms with Crippen LogP contribution in [0.2, 0.25) is 0 Å². The number of nitrogens with zero attached hydrogens (tertiary/aromatic N) is 2. The predicted octanol–water partition coefficient (Wildman–Crippen LogP) is 2.35. The van der Waals surface area contributed by atoms with Crippen LogP contribution in [0.4, 0.5) is 0 Å². The van der Waals surface area contributed by atoms with Crippen molar-refractivity contribution in [2.45, 2.75) is 26.3 Å². The third-order valence-electron chi connectivity index (χ3n) is 2.93. The van der Waals surface area contributed by atoms with E-state index in [-0.39, 0.29) is 6.04 Å². The van der Waals surface area contributed by atoms with E-state index in [1.165, 1.54) is 0 Å². The minimum Gasteiger partial charge on any atom is -0.423 e. The summed E-state index contributed by atoms with van der Waals surface area (Å²) in [5.41, 5.74) is 1.12. The first-order chi connectivity index (χ1) is 9.85. The van der Waals surface area contributed by atoms with Gasteiger partial charge in [0.15, 0.2) is 0 Å². The highest BCUT2D eigenvalue weighted by Crippen LogP contribution is 2.20. The van der Waals surface area contributed by atoms with Crippen molar-refractivity contribution in [3.63, 3.8) is 0 Å². The van der Waals surface area contributed by atoms with Crippen LogP contribution in [-0.4, -0.2) is 30.0 Å². The van der Waals surface area contributed by atoms with Gasteiger partial charge in [0.05, 0.1) is 6.61 Å².